The minimum absolute atomic E-state index is 0.0556. The monoisotopic (exact) mass is 695 g/mol. The molecule has 4 aliphatic rings. The van der Waals surface area contributed by atoms with Crippen molar-refractivity contribution in [3.05, 3.63) is 59.7 Å². The summed E-state index contributed by atoms with van der Waals surface area (Å²) in [6.07, 6.45) is 2.17. The number of hydrogen-bond donors (Lipinski definition) is 10. The maximum Gasteiger partial charge on any atom is 0.343 e. The molecule has 1 aliphatic carbocycles. The molecule has 17 nitrogen and oxygen atoms in total. The Hall–Kier alpha value is -3.65. The molecular weight excluding hydrogens is 648 g/mol. The largest absolute Gasteiger partial charge is 0.477 e. The third kappa shape index (κ3) is 8.75. The van der Waals surface area contributed by atoms with Gasteiger partial charge in [0, 0.05) is 18.5 Å². The lowest BCUT2D eigenvalue weighted by Crippen LogP contribution is -3.09. The van der Waals surface area contributed by atoms with Crippen molar-refractivity contribution in [1.29, 1.82) is 0 Å². The number of nitrogens with zero attached hydrogens (tertiary/aromatic N) is 1. The Kier molecular flexibility index (Phi) is 13.1. The lowest BCUT2D eigenvalue weighted by molar-refractivity contribution is -0.843. The lowest BCUT2D eigenvalue weighted by Gasteiger charge is -2.46. The van der Waals surface area contributed by atoms with E-state index in [1.807, 2.05) is 0 Å². The highest BCUT2D eigenvalue weighted by Crippen LogP contribution is 2.38. The fourth-order valence-corrected chi connectivity index (χ4v) is 6.24. The molecule has 8 unspecified atom stereocenters. The fourth-order valence-electron chi connectivity index (χ4n) is 6.24. The van der Waals surface area contributed by atoms with Crippen LogP contribution in [0.5, 0.6) is 0 Å². The van der Waals surface area contributed by atoms with Crippen molar-refractivity contribution in [2.75, 3.05) is 33.4 Å². The number of rotatable bonds is 12. The first-order chi connectivity index (χ1) is 23.4. The summed E-state index contributed by atoms with van der Waals surface area (Å²) in [4.78, 5) is 30.4. The molecule has 11 N–H and O–H groups in total. The van der Waals surface area contributed by atoms with Crippen LogP contribution in [0.25, 0.3) is 0 Å². The second-order valence-electron chi connectivity index (χ2n) is 12.3. The van der Waals surface area contributed by atoms with E-state index in [1.165, 1.54) is 19.3 Å². The van der Waals surface area contributed by atoms with Crippen molar-refractivity contribution in [2.24, 2.45) is 22.6 Å². The van der Waals surface area contributed by atoms with E-state index in [-0.39, 0.29) is 48.6 Å². The zero-order valence-electron chi connectivity index (χ0n) is 27.2. The number of guanidine groups is 1. The number of ether oxygens (including phenoxy) is 4. The summed E-state index contributed by atoms with van der Waals surface area (Å²) in [5, 5.41) is 73.6. The number of hydrogen-bond acceptors (Lipinski definition) is 13. The highest BCUT2D eigenvalue weighted by Gasteiger charge is 2.56. The number of aliphatic carboxylic acids is 1. The second kappa shape index (κ2) is 16.8. The molecule has 2 fully saturated rings. The molecule has 49 heavy (non-hydrogen) atoms. The van der Waals surface area contributed by atoms with Crippen molar-refractivity contribution >= 4 is 17.9 Å². The fraction of sp³-hybridized carbons (Fsp3) is 0.594. The van der Waals surface area contributed by atoms with Gasteiger partial charge < -0.3 is 70.6 Å². The third-order valence-corrected chi connectivity index (χ3v) is 9.01. The van der Waals surface area contributed by atoms with Gasteiger partial charge in [-0.2, -0.15) is 0 Å². The maximum atomic E-state index is 13.6. The van der Waals surface area contributed by atoms with Crippen LogP contribution in [0.1, 0.15) is 32.1 Å². The van der Waals surface area contributed by atoms with Gasteiger partial charge in [0.15, 0.2) is 18.4 Å². The van der Waals surface area contributed by atoms with Crippen molar-refractivity contribution in [3.63, 3.8) is 0 Å². The number of carbonyl (C=O) groups excluding carboxylic acids is 1. The van der Waals surface area contributed by atoms with Crippen LogP contribution >= 0.6 is 0 Å². The average molecular weight is 696 g/mol. The van der Waals surface area contributed by atoms with Gasteiger partial charge in [-0.1, -0.05) is 24.6 Å². The number of carboxylic acids is 1. The van der Waals surface area contributed by atoms with Crippen LogP contribution in [0.4, 0.5) is 0 Å². The first-order valence-electron chi connectivity index (χ1n) is 16.1. The van der Waals surface area contributed by atoms with Crippen LogP contribution in [0.3, 0.4) is 0 Å². The van der Waals surface area contributed by atoms with Crippen LogP contribution in [0.2, 0.25) is 0 Å². The molecule has 0 aromatic heterocycles. The van der Waals surface area contributed by atoms with E-state index >= 15 is 0 Å². The zero-order valence-corrected chi connectivity index (χ0v) is 27.2. The first kappa shape index (κ1) is 38.2. The van der Waals surface area contributed by atoms with Crippen molar-refractivity contribution in [1.82, 2.24) is 5.32 Å². The Morgan fingerprint density at radius 1 is 1.18 bits per heavy atom. The van der Waals surface area contributed by atoms with Gasteiger partial charge in [-0.05, 0) is 25.7 Å². The lowest BCUT2D eigenvalue weighted by atomic mass is 9.83. The highest BCUT2D eigenvalue weighted by atomic mass is 16.8. The number of carbonyl (C=O) groups is 2. The number of nitrogens with two attached hydrogens (primary N) is 1. The number of carboxylic acid groups (broad SMARTS) is 1. The molecule has 17 heteroatoms. The average Bonchev–Trinajstić information content (AvgIpc) is 3.08. The molecular formula is C32H47N4O13+. The summed E-state index contributed by atoms with van der Waals surface area (Å²) >= 11 is 0. The first-order valence-corrected chi connectivity index (χ1v) is 16.1. The number of aliphatic imine (C=N–C) groups is 1. The number of aliphatic hydroxyl groups excluding tert-OH is 4. The van der Waals surface area contributed by atoms with E-state index in [0.29, 0.717) is 23.3 Å². The predicted octanol–water partition coefficient (Wildman–Crippen LogP) is -3.14. The van der Waals surface area contributed by atoms with E-state index in [4.69, 9.17) is 24.7 Å². The molecule has 1 saturated heterocycles. The van der Waals surface area contributed by atoms with Crippen LogP contribution in [-0.2, 0) is 28.5 Å². The summed E-state index contributed by atoms with van der Waals surface area (Å²) < 4.78 is 22.9. The van der Waals surface area contributed by atoms with Gasteiger partial charge in [0.2, 0.25) is 12.1 Å². The third-order valence-electron chi connectivity index (χ3n) is 9.01. The van der Waals surface area contributed by atoms with Crippen LogP contribution in [0.15, 0.2) is 64.7 Å². The van der Waals surface area contributed by atoms with Crippen LogP contribution < -0.4 is 16.0 Å². The molecule has 0 spiro atoms. The molecule has 1 saturated carbocycles. The molecule has 4 rings (SSSR count). The molecule has 3 aliphatic heterocycles. The molecule has 8 atom stereocenters. The van der Waals surface area contributed by atoms with Gasteiger partial charge in [-0.3, -0.25) is 4.99 Å². The Balaban J connectivity index is 1.73. The molecule has 0 amide bonds. The Morgan fingerprint density at radius 2 is 1.90 bits per heavy atom. The van der Waals surface area contributed by atoms with E-state index in [0.717, 1.165) is 25.5 Å². The summed E-state index contributed by atoms with van der Waals surface area (Å²) in [5.41, 5.74) is 6.46. The number of allylic oxidation sites excluding steroid dienone is 1. The number of nitrogens with one attached hydrogen (secondary N) is 2. The van der Waals surface area contributed by atoms with Crippen molar-refractivity contribution in [2.45, 2.75) is 74.9 Å². The van der Waals surface area contributed by atoms with E-state index < -0.39 is 67.1 Å². The number of quaternary nitrogens is 1. The zero-order chi connectivity index (χ0) is 35.9. The van der Waals surface area contributed by atoms with E-state index in [9.17, 15) is 45.3 Å². The second-order valence-corrected chi connectivity index (χ2v) is 12.3. The minimum Gasteiger partial charge on any atom is -0.477 e. The molecule has 0 aromatic carbocycles. The molecule has 3 heterocycles. The topological polar surface area (TPSA) is 268 Å². The number of aliphatic hydroxyl groups is 6. The summed E-state index contributed by atoms with van der Waals surface area (Å²) in [6.45, 7) is 3.23. The van der Waals surface area contributed by atoms with Gasteiger partial charge in [0.05, 0.1) is 36.7 Å². The van der Waals surface area contributed by atoms with Crippen LogP contribution in [-0.4, -0.2) is 130 Å². The predicted molar refractivity (Wildman–Crippen MR) is 169 cm³/mol. The SMILES string of the molecule is C=CC1C(OC2OC(CO)C(O)C(O)(O)C2O)OC=C(C(=O)OC2CCCCC2)C1C=CC1=C(NC(N)=NC)C(C(=O)O)=C[NH+](CCO)C1. The Labute approximate surface area is 282 Å². The molecule has 0 bridgehead atoms. The van der Waals surface area contributed by atoms with Crippen LogP contribution in [0, 0.1) is 11.8 Å². The molecule has 0 aromatic rings. The Morgan fingerprint density at radius 3 is 2.51 bits per heavy atom. The number of esters is 1. The molecule has 272 valence electrons. The van der Waals surface area contributed by atoms with Gasteiger partial charge in [-0.25, -0.2) is 9.59 Å². The van der Waals surface area contributed by atoms with E-state index in [1.54, 1.807) is 12.2 Å². The summed E-state index contributed by atoms with van der Waals surface area (Å²) in [7, 11) is 1.43. The van der Waals surface area contributed by atoms with Crippen molar-refractivity contribution < 1.29 is 69.2 Å². The van der Waals surface area contributed by atoms with Gasteiger partial charge in [0.25, 0.3) is 0 Å². The highest BCUT2D eigenvalue weighted by molar-refractivity contribution is 5.94. The normalized spacial score (nSPS) is 32.6. The smallest absolute Gasteiger partial charge is 0.343 e. The van der Waals surface area contributed by atoms with Gasteiger partial charge in [0.1, 0.15) is 43.2 Å². The minimum atomic E-state index is -3.11. The van der Waals surface area contributed by atoms with Gasteiger partial charge >= 0.3 is 11.9 Å². The Bertz CT molecular complexity index is 1370. The summed E-state index contributed by atoms with van der Waals surface area (Å²) in [6, 6.07) is 0. The quantitative estimate of drug-likeness (QED) is 0.0318. The summed E-state index contributed by atoms with van der Waals surface area (Å²) in [5.74, 6) is -6.90. The van der Waals surface area contributed by atoms with Gasteiger partial charge in [-0.15, -0.1) is 6.58 Å². The van der Waals surface area contributed by atoms with E-state index in [2.05, 4.69) is 16.9 Å². The molecule has 0 radical (unpaired) electrons. The maximum absolute atomic E-state index is 13.6. The standard InChI is InChI=1S/C32H46N4O13/c1-3-19-20(10-9-17-13-36(11-12-37)14-21(27(41)42)24(17)35-31(33)34-2)22(28(43)47-18-7-5-4-6-8-18)16-46-29(19)49-30-26(40)32(44,45)25(39)23(15-38)48-30/h3,9-10,14,16,18-20,23,25-26,29-30,37-40,44-45H,1,4-8,11-13,15H2,2H3,(H,41,42)(H3,33,34,35)/p+1. The van der Waals surface area contributed by atoms with Crippen molar-refractivity contribution in [3.8, 4) is 0 Å².